The van der Waals surface area contributed by atoms with E-state index in [9.17, 15) is 9.50 Å². The van der Waals surface area contributed by atoms with Crippen LogP contribution in [0.2, 0.25) is 5.02 Å². The number of hydrogen-bond donors (Lipinski definition) is 2. The molecular weight excluding hydrogens is 425 g/mol. The quantitative estimate of drug-likeness (QED) is 0.463. The molecule has 2 aromatic heterocycles. The van der Waals surface area contributed by atoms with Crippen LogP contribution in [-0.4, -0.2) is 34.8 Å². The Balaban J connectivity index is 1.70. The molecule has 0 saturated heterocycles. The molecule has 0 amide bonds. The van der Waals surface area contributed by atoms with Crippen LogP contribution < -0.4 is 19.5 Å². The van der Waals surface area contributed by atoms with Crippen LogP contribution >= 0.6 is 11.6 Å². The predicted molar refractivity (Wildman–Crippen MR) is 115 cm³/mol. The lowest BCUT2D eigenvalue weighted by Crippen LogP contribution is -2.15. The number of aromatic nitrogens is 2. The third kappa shape index (κ3) is 3.34. The van der Waals surface area contributed by atoms with Crippen molar-refractivity contribution in [3.8, 4) is 34.3 Å². The van der Waals surface area contributed by atoms with Gasteiger partial charge in [0, 0.05) is 11.8 Å². The van der Waals surface area contributed by atoms with E-state index >= 15 is 0 Å². The van der Waals surface area contributed by atoms with E-state index in [4.69, 9.17) is 25.8 Å². The van der Waals surface area contributed by atoms with E-state index in [0.29, 0.717) is 47.6 Å². The third-order valence-corrected chi connectivity index (χ3v) is 5.32. The second kappa shape index (κ2) is 7.55. The third-order valence-electron chi connectivity index (χ3n) is 4.94. The molecule has 5 rings (SSSR count). The maximum atomic E-state index is 14.8. The molecule has 0 spiro atoms. The van der Waals surface area contributed by atoms with Crippen molar-refractivity contribution in [1.82, 2.24) is 9.38 Å². The topological polar surface area (TPSA) is 77.2 Å². The summed E-state index contributed by atoms with van der Waals surface area (Å²) in [5, 5.41) is 13.2. The van der Waals surface area contributed by atoms with Crippen molar-refractivity contribution < 1.29 is 23.7 Å². The Morgan fingerprint density at radius 2 is 1.94 bits per heavy atom. The Labute approximate surface area is 181 Å². The molecule has 0 aliphatic carbocycles. The summed E-state index contributed by atoms with van der Waals surface area (Å²) >= 11 is 6.26. The van der Waals surface area contributed by atoms with E-state index in [1.807, 2.05) is 6.07 Å². The van der Waals surface area contributed by atoms with Crippen LogP contribution in [0.3, 0.4) is 0 Å². The number of pyridine rings is 1. The zero-order valence-electron chi connectivity index (χ0n) is 16.4. The molecule has 31 heavy (non-hydrogen) atoms. The Morgan fingerprint density at radius 1 is 1.13 bits per heavy atom. The molecule has 3 heterocycles. The average molecular weight is 442 g/mol. The molecule has 1 aliphatic rings. The summed E-state index contributed by atoms with van der Waals surface area (Å²) in [7, 11) is 1.55. The van der Waals surface area contributed by atoms with Gasteiger partial charge >= 0.3 is 0 Å². The monoisotopic (exact) mass is 441 g/mol. The van der Waals surface area contributed by atoms with Crippen LogP contribution in [0.1, 0.15) is 0 Å². The minimum absolute atomic E-state index is 0.00984. The summed E-state index contributed by atoms with van der Waals surface area (Å²) in [6.45, 7) is 0.949. The van der Waals surface area contributed by atoms with Gasteiger partial charge in [-0.3, -0.25) is 4.40 Å². The SMILES string of the molecule is COc1ccc2nc(-c3c(F)ccc(O)c3Cl)c(Nc3ccc4c(c3)OCCO4)n2c1. The number of phenols is 1. The largest absolute Gasteiger partial charge is 0.506 e. The lowest BCUT2D eigenvalue weighted by molar-refractivity contribution is 0.171. The van der Waals surface area contributed by atoms with Gasteiger partial charge in [-0.25, -0.2) is 9.37 Å². The Bertz CT molecular complexity index is 1310. The van der Waals surface area contributed by atoms with Crippen LogP contribution in [0.4, 0.5) is 15.9 Å². The van der Waals surface area contributed by atoms with Gasteiger partial charge < -0.3 is 24.6 Å². The smallest absolute Gasteiger partial charge is 0.163 e. The van der Waals surface area contributed by atoms with E-state index in [1.54, 1.807) is 42.0 Å². The molecule has 4 aromatic rings. The number of ether oxygens (including phenoxy) is 3. The normalized spacial score (nSPS) is 12.7. The number of nitrogens with one attached hydrogen (secondary N) is 1. The molecule has 9 heteroatoms. The number of benzene rings is 2. The van der Waals surface area contributed by atoms with Gasteiger partial charge in [0.1, 0.15) is 47.7 Å². The van der Waals surface area contributed by atoms with Crippen molar-refractivity contribution >= 4 is 28.8 Å². The zero-order chi connectivity index (χ0) is 21.5. The Morgan fingerprint density at radius 3 is 2.74 bits per heavy atom. The number of fused-ring (bicyclic) bond motifs is 2. The van der Waals surface area contributed by atoms with E-state index in [0.717, 1.165) is 6.07 Å². The van der Waals surface area contributed by atoms with E-state index in [2.05, 4.69) is 10.3 Å². The van der Waals surface area contributed by atoms with Crippen molar-refractivity contribution in [1.29, 1.82) is 0 Å². The fourth-order valence-corrected chi connectivity index (χ4v) is 3.70. The fraction of sp³-hybridized carbons (Fsp3) is 0.136. The molecule has 158 valence electrons. The second-order valence-electron chi connectivity index (χ2n) is 6.85. The first-order chi connectivity index (χ1) is 15.0. The summed E-state index contributed by atoms with van der Waals surface area (Å²) in [6.07, 6.45) is 1.72. The first-order valence-electron chi connectivity index (χ1n) is 9.45. The number of imidazole rings is 1. The second-order valence-corrected chi connectivity index (χ2v) is 7.22. The lowest BCUT2D eigenvalue weighted by Gasteiger charge is -2.19. The standard InChI is InChI=1S/C22H17ClFN3O4/c1-29-13-3-7-18-26-21(19-14(24)4-5-15(28)20(19)23)22(27(18)11-13)25-12-2-6-16-17(10-12)31-9-8-30-16/h2-7,10-11,25,28H,8-9H2,1H3. The molecule has 0 saturated carbocycles. The molecule has 0 fully saturated rings. The average Bonchev–Trinajstić information content (AvgIpc) is 3.13. The highest BCUT2D eigenvalue weighted by atomic mass is 35.5. The molecule has 0 bridgehead atoms. The van der Waals surface area contributed by atoms with Gasteiger partial charge in [-0.15, -0.1) is 0 Å². The highest BCUT2D eigenvalue weighted by molar-refractivity contribution is 6.34. The fourth-order valence-electron chi connectivity index (χ4n) is 3.46. The van der Waals surface area contributed by atoms with Crippen molar-refractivity contribution in [2.24, 2.45) is 0 Å². The van der Waals surface area contributed by atoms with Crippen LogP contribution in [0.5, 0.6) is 23.0 Å². The molecule has 0 radical (unpaired) electrons. The van der Waals surface area contributed by atoms with Gasteiger partial charge in [0.05, 0.1) is 23.9 Å². The Kier molecular flexibility index (Phi) is 4.71. The summed E-state index contributed by atoms with van der Waals surface area (Å²) in [4.78, 5) is 4.56. The van der Waals surface area contributed by atoms with E-state index < -0.39 is 5.82 Å². The summed E-state index contributed by atoms with van der Waals surface area (Å²) in [5.74, 6) is 1.44. The van der Waals surface area contributed by atoms with Crippen molar-refractivity contribution in [3.63, 3.8) is 0 Å². The number of nitrogens with zero attached hydrogens (tertiary/aromatic N) is 2. The number of methoxy groups -OCH3 is 1. The minimum Gasteiger partial charge on any atom is -0.506 e. The van der Waals surface area contributed by atoms with Gasteiger partial charge in [-0.2, -0.15) is 0 Å². The van der Waals surface area contributed by atoms with Crippen LogP contribution in [-0.2, 0) is 0 Å². The van der Waals surface area contributed by atoms with Gasteiger partial charge in [0.15, 0.2) is 11.5 Å². The summed E-state index contributed by atoms with van der Waals surface area (Å²) in [5.41, 5.74) is 1.44. The number of halogens is 2. The minimum atomic E-state index is -0.608. The van der Waals surface area contributed by atoms with E-state index in [1.165, 1.54) is 6.07 Å². The van der Waals surface area contributed by atoms with Gasteiger partial charge in [0.25, 0.3) is 0 Å². The van der Waals surface area contributed by atoms with Gasteiger partial charge in [-0.1, -0.05) is 11.6 Å². The maximum absolute atomic E-state index is 14.8. The molecule has 0 unspecified atom stereocenters. The van der Waals surface area contributed by atoms with E-state index in [-0.39, 0.29) is 22.0 Å². The van der Waals surface area contributed by atoms with Crippen molar-refractivity contribution in [2.75, 3.05) is 25.6 Å². The molecular formula is C22H17ClFN3O4. The summed E-state index contributed by atoms with van der Waals surface area (Å²) in [6, 6.07) is 11.2. The molecule has 2 aromatic carbocycles. The first kappa shape index (κ1) is 19.3. The highest BCUT2D eigenvalue weighted by Gasteiger charge is 2.23. The highest BCUT2D eigenvalue weighted by Crippen LogP contribution is 2.42. The number of hydrogen-bond acceptors (Lipinski definition) is 6. The number of phenolic OH excluding ortho intramolecular Hbond substituents is 1. The number of aromatic hydroxyl groups is 1. The van der Waals surface area contributed by atoms with Crippen LogP contribution in [0, 0.1) is 5.82 Å². The van der Waals surface area contributed by atoms with Crippen molar-refractivity contribution in [3.05, 3.63) is 59.5 Å². The first-order valence-corrected chi connectivity index (χ1v) is 9.83. The number of rotatable bonds is 4. The lowest BCUT2D eigenvalue weighted by atomic mass is 10.1. The van der Waals surface area contributed by atoms with Gasteiger partial charge in [0.2, 0.25) is 0 Å². The zero-order valence-corrected chi connectivity index (χ0v) is 17.1. The van der Waals surface area contributed by atoms with Crippen LogP contribution in [0.25, 0.3) is 16.9 Å². The molecule has 1 aliphatic heterocycles. The van der Waals surface area contributed by atoms with Crippen LogP contribution in [0.15, 0.2) is 48.7 Å². The number of anilines is 2. The van der Waals surface area contributed by atoms with Crippen molar-refractivity contribution in [2.45, 2.75) is 0 Å². The molecule has 2 N–H and O–H groups in total. The Hall–Kier alpha value is -3.65. The van der Waals surface area contributed by atoms with Gasteiger partial charge in [-0.05, 0) is 36.4 Å². The molecule has 7 nitrogen and oxygen atoms in total. The predicted octanol–water partition coefficient (Wildman–Crippen LogP) is 5.02. The summed E-state index contributed by atoms with van der Waals surface area (Å²) < 4.78 is 33.1. The maximum Gasteiger partial charge on any atom is 0.163 e. The molecule has 0 atom stereocenters.